The van der Waals surface area contributed by atoms with Crippen molar-refractivity contribution in [2.75, 3.05) is 5.32 Å². The third-order valence-corrected chi connectivity index (χ3v) is 4.35. The number of fused-ring (bicyclic) bond motifs is 1. The van der Waals surface area contributed by atoms with Crippen LogP contribution in [0.25, 0.3) is 22.0 Å². The fourth-order valence-corrected chi connectivity index (χ4v) is 2.93. The van der Waals surface area contributed by atoms with Crippen molar-refractivity contribution >= 4 is 22.5 Å². The van der Waals surface area contributed by atoms with Gasteiger partial charge in [0.05, 0.1) is 17.3 Å². The van der Waals surface area contributed by atoms with Crippen molar-refractivity contribution in [1.82, 2.24) is 10.2 Å². The van der Waals surface area contributed by atoms with Crippen LogP contribution in [-0.4, -0.2) is 16.1 Å². The number of hydrogen-bond donors (Lipinski definition) is 2. The second-order valence-corrected chi connectivity index (χ2v) is 6.29. The Hall–Kier alpha value is -3.61. The summed E-state index contributed by atoms with van der Waals surface area (Å²) >= 11 is 0. The standard InChI is InChI=1S/C21H14F3N3O/c22-21(23,24)17-5-2-6-18(11-17)26-20(28)15-4-1-3-13(9-15)14-7-8-16-12-25-27-19(16)10-14/h1-12H,(H,25,27)(H,26,28). The lowest BCUT2D eigenvalue weighted by Gasteiger charge is -2.10. The molecule has 0 saturated heterocycles. The van der Waals surface area contributed by atoms with Gasteiger partial charge in [-0.2, -0.15) is 18.3 Å². The van der Waals surface area contributed by atoms with Crippen LogP contribution in [0.2, 0.25) is 0 Å². The van der Waals surface area contributed by atoms with Crippen LogP contribution in [0, 0.1) is 0 Å². The Labute approximate surface area is 158 Å². The Bertz CT molecular complexity index is 1160. The summed E-state index contributed by atoms with van der Waals surface area (Å²) in [7, 11) is 0. The zero-order valence-corrected chi connectivity index (χ0v) is 14.4. The van der Waals surface area contributed by atoms with Gasteiger partial charge in [-0.15, -0.1) is 0 Å². The molecule has 4 nitrogen and oxygen atoms in total. The van der Waals surface area contributed by atoms with Crippen LogP contribution in [0.3, 0.4) is 0 Å². The number of anilines is 1. The van der Waals surface area contributed by atoms with E-state index in [1.165, 1.54) is 12.1 Å². The van der Waals surface area contributed by atoms with Gasteiger partial charge >= 0.3 is 6.18 Å². The van der Waals surface area contributed by atoms with Crippen LogP contribution >= 0.6 is 0 Å². The Kier molecular flexibility index (Phi) is 4.35. The zero-order chi connectivity index (χ0) is 19.7. The van der Waals surface area contributed by atoms with Crippen molar-refractivity contribution in [3.63, 3.8) is 0 Å². The van der Waals surface area contributed by atoms with E-state index in [0.717, 1.165) is 34.2 Å². The molecule has 3 aromatic carbocycles. The first-order valence-electron chi connectivity index (χ1n) is 8.42. The maximum Gasteiger partial charge on any atom is 0.416 e. The lowest BCUT2D eigenvalue weighted by molar-refractivity contribution is -0.137. The SMILES string of the molecule is O=C(Nc1cccc(C(F)(F)F)c1)c1cccc(-c2ccc3cn[nH]c3c2)c1. The predicted molar refractivity (Wildman–Crippen MR) is 101 cm³/mol. The summed E-state index contributed by atoms with van der Waals surface area (Å²) in [6.07, 6.45) is -2.75. The summed E-state index contributed by atoms with van der Waals surface area (Å²) in [5.74, 6) is -0.483. The lowest BCUT2D eigenvalue weighted by atomic mass is 10.0. The average molecular weight is 381 g/mol. The topological polar surface area (TPSA) is 57.8 Å². The van der Waals surface area contributed by atoms with Crippen molar-refractivity contribution < 1.29 is 18.0 Å². The molecule has 0 radical (unpaired) electrons. The van der Waals surface area contributed by atoms with Crippen LogP contribution in [-0.2, 0) is 6.18 Å². The van der Waals surface area contributed by atoms with Gasteiger partial charge in [0.25, 0.3) is 5.91 Å². The van der Waals surface area contributed by atoms with E-state index in [1.54, 1.807) is 24.4 Å². The summed E-state index contributed by atoms with van der Waals surface area (Å²) in [4.78, 5) is 12.5. The number of benzene rings is 3. The molecule has 0 saturated carbocycles. The highest BCUT2D eigenvalue weighted by Crippen LogP contribution is 2.31. The van der Waals surface area contributed by atoms with E-state index in [1.807, 2.05) is 24.3 Å². The summed E-state index contributed by atoms with van der Waals surface area (Å²) in [5.41, 5.74) is 2.20. The van der Waals surface area contributed by atoms with Gasteiger partial charge in [0.15, 0.2) is 0 Å². The molecule has 1 heterocycles. The number of aromatic amines is 1. The van der Waals surface area contributed by atoms with Gasteiger partial charge in [0, 0.05) is 16.6 Å². The third kappa shape index (κ3) is 3.59. The molecule has 0 unspecified atom stereocenters. The molecule has 28 heavy (non-hydrogen) atoms. The van der Waals surface area contributed by atoms with Gasteiger partial charge < -0.3 is 5.32 Å². The van der Waals surface area contributed by atoms with E-state index in [4.69, 9.17) is 0 Å². The highest BCUT2D eigenvalue weighted by atomic mass is 19.4. The minimum absolute atomic E-state index is 0.0871. The molecule has 0 spiro atoms. The quantitative estimate of drug-likeness (QED) is 0.492. The van der Waals surface area contributed by atoms with Gasteiger partial charge in [-0.25, -0.2) is 0 Å². The molecule has 0 bridgehead atoms. The van der Waals surface area contributed by atoms with Gasteiger partial charge in [-0.05, 0) is 47.5 Å². The number of rotatable bonds is 3. The van der Waals surface area contributed by atoms with Crippen LogP contribution in [0.1, 0.15) is 15.9 Å². The minimum atomic E-state index is -4.47. The molecule has 0 aliphatic carbocycles. The summed E-state index contributed by atoms with van der Waals surface area (Å²) < 4.78 is 38.5. The van der Waals surface area contributed by atoms with Crippen LogP contribution in [0.15, 0.2) is 72.9 Å². The maximum absolute atomic E-state index is 12.8. The molecule has 1 aromatic heterocycles. The lowest BCUT2D eigenvalue weighted by Crippen LogP contribution is -2.13. The molecule has 7 heteroatoms. The highest BCUT2D eigenvalue weighted by Gasteiger charge is 2.30. The third-order valence-electron chi connectivity index (χ3n) is 4.35. The number of amides is 1. The zero-order valence-electron chi connectivity index (χ0n) is 14.4. The molecule has 4 aromatic rings. The first kappa shape index (κ1) is 17.8. The molecule has 0 aliphatic rings. The van der Waals surface area contributed by atoms with Crippen LogP contribution in [0.5, 0.6) is 0 Å². The molecule has 1 amide bonds. The number of carbonyl (C=O) groups is 1. The first-order chi connectivity index (χ1) is 13.4. The summed E-state index contributed by atoms with van der Waals surface area (Å²) in [6, 6.07) is 17.2. The van der Waals surface area contributed by atoms with E-state index in [2.05, 4.69) is 15.5 Å². The van der Waals surface area contributed by atoms with Gasteiger partial charge in [-0.1, -0.05) is 30.3 Å². The van der Waals surface area contributed by atoms with E-state index >= 15 is 0 Å². The van der Waals surface area contributed by atoms with Gasteiger partial charge in [0.1, 0.15) is 0 Å². The van der Waals surface area contributed by atoms with E-state index < -0.39 is 17.6 Å². The smallest absolute Gasteiger partial charge is 0.322 e. The number of aromatic nitrogens is 2. The van der Waals surface area contributed by atoms with Crippen molar-refractivity contribution in [2.24, 2.45) is 0 Å². The van der Waals surface area contributed by atoms with Crippen molar-refractivity contribution in [3.8, 4) is 11.1 Å². The Morgan fingerprint density at radius 3 is 2.54 bits per heavy atom. The Morgan fingerprint density at radius 1 is 0.929 bits per heavy atom. The van der Waals surface area contributed by atoms with Gasteiger partial charge in [0.2, 0.25) is 0 Å². The molecular weight excluding hydrogens is 367 g/mol. The maximum atomic E-state index is 12.8. The van der Waals surface area contributed by atoms with Gasteiger partial charge in [-0.3, -0.25) is 9.89 Å². The largest absolute Gasteiger partial charge is 0.416 e. The fourth-order valence-electron chi connectivity index (χ4n) is 2.93. The Morgan fingerprint density at radius 2 is 1.71 bits per heavy atom. The monoisotopic (exact) mass is 381 g/mol. The molecule has 4 rings (SSSR count). The number of nitrogens with one attached hydrogen (secondary N) is 2. The number of alkyl halides is 3. The minimum Gasteiger partial charge on any atom is -0.322 e. The molecule has 0 fully saturated rings. The average Bonchev–Trinajstić information content (AvgIpc) is 3.15. The van der Waals surface area contributed by atoms with Crippen LogP contribution < -0.4 is 5.32 Å². The van der Waals surface area contributed by atoms with E-state index in [-0.39, 0.29) is 5.69 Å². The highest BCUT2D eigenvalue weighted by molar-refractivity contribution is 6.05. The van der Waals surface area contributed by atoms with Crippen LogP contribution in [0.4, 0.5) is 18.9 Å². The second kappa shape index (κ2) is 6.84. The molecular formula is C21H14F3N3O. The molecule has 2 N–H and O–H groups in total. The number of halogens is 3. The summed E-state index contributed by atoms with van der Waals surface area (Å²) in [5, 5.41) is 10.4. The van der Waals surface area contributed by atoms with E-state index in [0.29, 0.717) is 5.56 Å². The number of nitrogens with zero attached hydrogens (tertiary/aromatic N) is 1. The predicted octanol–water partition coefficient (Wildman–Crippen LogP) is 5.50. The van der Waals surface area contributed by atoms with Crippen molar-refractivity contribution in [3.05, 3.63) is 84.1 Å². The molecule has 0 aliphatic heterocycles. The normalized spacial score (nSPS) is 11.5. The number of hydrogen-bond acceptors (Lipinski definition) is 2. The Balaban J connectivity index is 1.59. The first-order valence-corrected chi connectivity index (χ1v) is 8.42. The van der Waals surface area contributed by atoms with Crippen molar-refractivity contribution in [2.45, 2.75) is 6.18 Å². The number of carbonyl (C=O) groups excluding carboxylic acids is 1. The second-order valence-electron chi connectivity index (χ2n) is 6.29. The molecule has 0 atom stereocenters. The van der Waals surface area contributed by atoms with Crippen molar-refractivity contribution in [1.29, 1.82) is 0 Å². The van der Waals surface area contributed by atoms with E-state index in [9.17, 15) is 18.0 Å². The number of H-pyrrole nitrogens is 1. The molecule has 140 valence electrons. The summed E-state index contributed by atoms with van der Waals surface area (Å²) in [6.45, 7) is 0. The fraction of sp³-hybridized carbons (Fsp3) is 0.0476.